The minimum atomic E-state index is -4.77. The van der Waals surface area contributed by atoms with Gasteiger partial charge in [0.2, 0.25) is 5.82 Å². The summed E-state index contributed by atoms with van der Waals surface area (Å²) in [5.41, 5.74) is 0.634. The number of nitrogens with one attached hydrogen (secondary N) is 1. The average molecular weight is 433 g/mol. The van der Waals surface area contributed by atoms with E-state index in [1.165, 1.54) is 42.5 Å². The maximum Gasteiger partial charge on any atom is 0.449 e. The summed E-state index contributed by atoms with van der Waals surface area (Å²) in [6, 6.07) is 10.1. The Morgan fingerprint density at radius 2 is 1.97 bits per heavy atom. The van der Waals surface area contributed by atoms with Crippen molar-refractivity contribution >= 4 is 34.4 Å². The summed E-state index contributed by atoms with van der Waals surface area (Å²) in [6.07, 6.45) is -4.77. The number of anilines is 1. The van der Waals surface area contributed by atoms with E-state index in [1.807, 2.05) is 0 Å². The second kappa shape index (κ2) is 7.74. The summed E-state index contributed by atoms with van der Waals surface area (Å²) in [7, 11) is 0. The lowest BCUT2D eigenvalue weighted by Gasteiger charge is -2.18. The molecule has 0 spiro atoms. The number of carbonyl (C=O) groups excluding carboxylic acids is 3. The molecule has 0 aliphatic carbocycles. The van der Waals surface area contributed by atoms with Crippen molar-refractivity contribution in [1.29, 1.82) is 0 Å². The Balaban J connectivity index is 1.46. The third kappa shape index (κ3) is 4.20. The predicted octanol–water partition coefficient (Wildman–Crippen LogP) is 2.81. The molecule has 1 aliphatic heterocycles. The fourth-order valence-corrected chi connectivity index (χ4v) is 3.11. The zero-order valence-electron chi connectivity index (χ0n) is 15.7. The van der Waals surface area contributed by atoms with Crippen molar-refractivity contribution in [3.05, 3.63) is 53.9 Å². The van der Waals surface area contributed by atoms with Gasteiger partial charge in [0, 0.05) is 5.56 Å². The Kier molecular flexibility index (Phi) is 5.09. The number of benzene rings is 2. The van der Waals surface area contributed by atoms with E-state index in [0.717, 1.165) is 0 Å². The zero-order valence-corrected chi connectivity index (χ0v) is 15.7. The molecule has 0 radical (unpaired) electrons. The minimum absolute atomic E-state index is 0.0806. The van der Waals surface area contributed by atoms with Gasteiger partial charge in [0.1, 0.15) is 12.3 Å². The first-order chi connectivity index (χ1) is 14.7. The Bertz CT molecular complexity index is 1200. The Hall–Kier alpha value is -3.89. The van der Waals surface area contributed by atoms with Gasteiger partial charge < -0.3 is 19.4 Å². The van der Waals surface area contributed by atoms with Crippen LogP contribution < -0.4 is 10.1 Å². The summed E-state index contributed by atoms with van der Waals surface area (Å²) in [5, 5.41) is 2.55. The number of para-hydroxylation sites is 2. The summed E-state index contributed by atoms with van der Waals surface area (Å²) in [5.74, 6) is -2.85. The minimum Gasteiger partial charge on any atom is -0.482 e. The van der Waals surface area contributed by atoms with E-state index in [1.54, 1.807) is 0 Å². The first-order valence-corrected chi connectivity index (χ1v) is 9.00. The van der Waals surface area contributed by atoms with Crippen LogP contribution in [0, 0.1) is 0 Å². The van der Waals surface area contributed by atoms with E-state index in [9.17, 15) is 27.6 Å². The number of nitrogens with zero attached hydrogens (tertiary/aromatic N) is 2. The molecule has 1 aliphatic rings. The molecular formula is C20H14F3N3O5. The van der Waals surface area contributed by atoms with Gasteiger partial charge >= 0.3 is 12.1 Å². The number of hydrogen-bond acceptors (Lipinski definition) is 6. The number of ketones is 1. The third-order valence-corrected chi connectivity index (χ3v) is 4.49. The van der Waals surface area contributed by atoms with Crippen molar-refractivity contribution in [3.8, 4) is 5.75 Å². The summed E-state index contributed by atoms with van der Waals surface area (Å²) in [6.45, 7) is -1.59. The molecule has 1 N–H and O–H groups in total. The summed E-state index contributed by atoms with van der Waals surface area (Å²) in [4.78, 5) is 39.4. The molecule has 3 aromatic rings. The number of rotatable bonds is 5. The molecule has 1 amide bonds. The van der Waals surface area contributed by atoms with E-state index in [4.69, 9.17) is 9.47 Å². The molecule has 31 heavy (non-hydrogen) atoms. The second-order valence-electron chi connectivity index (χ2n) is 6.64. The average Bonchev–Trinajstić information content (AvgIpc) is 3.10. The van der Waals surface area contributed by atoms with Crippen LogP contribution in [0.4, 0.5) is 18.9 Å². The number of aromatic nitrogens is 2. The normalized spacial score (nSPS) is 13.3. The topological polar surface area (TPSA) is 99.5 Å². The molecule has 160 valence electrons. The number of Topliss-reactive ketones (excluding diaryl/α,β-unsaturated/α-hetero) is 1. The molecule has 4 rings (SSSR count). The van der Waals surface area contributed by atoms with Crippen LogP contribution in [0.15, 0.2) is 42.5 Å². The van der Waals surface area contributed by atoms with Crippen LogP contribution in [0.5, 0.6) is 5.75 Å². The molecule has 0 fully saturated rings. The predicted molar refractivity (Wildman–Crippen MR) is 101 cm³/mol. The third-order valence-electron chi connectivity index (χ3n) is 4.49. The fraction of sp³-hybridized carbons (Fsp3) is 0.200. The first-order valence-electron chi connectivity index (χ1n) is 9.00. The van der Waals surface area contributed by atoms with Crippen LogP contribution in [0.25, 0.3) is 11.0 Å². The van der Waals surface area contributed by atoms with Crippen molar-refractivity contribution in [2.75, 3.05) is 18.5 Å². The number of hydrogen-bond donors (Lipinski definition) is 1. The van der Waals surface area contributed by atoms with Gasteiger partial charge in [0.05, 0.1) is 16.7 Å². The van der Waals surface area contributed by atoms with Crippen LogP contribution in [0.1, 0.15) is 16.2 Å². The van der Waals surface area contributed by atoms with Crippen molar-refractivity contribution in [2.45, 2.75) is 12.7 Å². The standard InChI is InChI=1S/C20H14F3N3O5/c21-20(22,23)19-25-12-3-1-2-4-14(12)26(19)8-18(29)31-9-15(27)11-5-6-16-13(7-11)24-17(28)10-30-16/h1-7H,8-10H2,(H,24,28). The zero-order chi connectivity index (χ0) is 22.2. The van der Waals surface area contributed by atoms with Gasteiger partial charge in [-0.3, -0.25) is 14.4 Å². The van der Waals surface area contributed by atoms with E-state index >= 15 is 0 Å². The van der Waals surface area contributed by atoms with Gasteiger partial charge in [-0.05, 0) is 30.3 Å². The number of esters is 1. The molecule has 0 saturated carbocycles. The van der Waals surface area contributed by atoms with Crippen LogP contribution in [0.3, 0.4) is 0 Å². The Morgan fingerprint density at radius 1 is 1.19 bits per heavy atom. The SMILES string of the molecule is O=C1COc2ccc(C(=O)COC(=O)Cn3c(C(F)(F)F)nc4ccccc43)cc2N1. The summed E-state index contributed by atoms with van der Waals surface area (Å²) < 4.78 is 50.7. The lowest BCUT2D eigenvalue weighted by Crippen LogP contribution is -2.26. The highest BCUT2D eigenvalue weighted by atomic mass is 19.4. The monoisotopic (exact) mass is 433 g/mol. The highest BCUT2D eigenvalue weighted by Crippen LogP contribution is 2.31. The van der Waals surface area contributed by atoms with Gasteiger partial charge in [-0.2, -0.15) is 13.2 Å². The van der Waals surface area contributed by atoms with Crippen molar-refractivity contribution in [1.82, 2.24) is 9.55 Å². The van der Waals surface area contributed by atoms with E-state index < -0.39 is 36.9 Å². The van der Waals surface area contributed by atoms with E-state index in [0.29, 0.717) is 16.0 Å². The van der Waals surface area contributed by atoms with Crippen LogP contribution in [0.2, 0.25) is 0 Å². The van der Waals surface area contributed by atoms with E-state index in [-0.39, 0.29) is 29.1 Å². The maximum absolute atomic E-state index is 13.3. The number of ether oxygens (including phenoxy) is 2. The number of amides is 1. The van der Waals surface area contributed by atoms with Crippen LogP contribution >= 0.6 is 0 Å². The van der Waals surface area contributed by atoms with Crippen LogP contribution in [-0.2, 0) is 27.0 Å². The Morgan fingerprint density at radius 3 is 2.74 bits per heavy atom. The molecule has 11 heteroatoms. The van der Waals surface area contributed by atoms with Gasteiger partial charge in [-0.15, -0.1) is 0 Å². The molecule has 0 saturated heterocycles. The molecule has 2 aromatic carbocycles. The molecule has 2 heterocycles. The fourth-order valence-electron chi connectivity index (χ4n) is 3.11. The number of alkyl halides is 3. The molecular weight excluding hydrogens is 419 g/mol. The van der Waals surface area contributed by atoms with Crippen molar-refractivity contribution in [2.24, 2.45) is 0 Å². The van der Waals surface area contributed by atoms with Gasteiger partial charge in [-0.25, -0.2) is 4.98 Å². The quantitative estimate of drug-likeness (QED) is 0.491. The lowest BCUT2D eigenvalue weighted by molar-refractivity contribution is -0.150. The van der Waals surface area contributed by atoms with Crippen molar-refractivity contribution in [3.63, 3.8) is 0 Å². The van der Waals surface area contributed by atoms with Crippen molar-refractivity contribution < 1.29 is 37.0 Å². The number of carbonyl (C=O) groups is 3. The largest absolute Gasteiger partial charge is 0.482 e. The Labute approximate surface area is 172 Å². The number of fused-ring (bicyclic) bond motifs is 2. The summed E-state index contributed by atoms with van der Waals surface area (Å²) >= 11 is 0. The van der Waals surface area contributed by atoms with Gasteiger partial charge in [-0.1, -0.05) is 12.1 Å². The van der Waals surface area contributed by atoms with E-state index in [2.05, 4.69) is 10.3 Å². The van der Waals surface area contributed by atoms with Crippen LogP contribution in [-0.4, -0.2) is 40.4 Å². The van der Waals surface area contributed by atoms with Gasteiger partial charge in [0.25, 0.3) is 5.91 Å². The molecule has 1 aromatic heterocycles. The highest BCUT2D eigenvalue weighted by Gasteiger charge is 2.38. The second-order valence-corrected chi connectivity index (χ2v) is 6.64. The maximum atomic E-state index is 13.3. The molecule has 0 atom stereocenters. The molecule has 0 bridgehead atoms. The van der Waals surface area contributed by atoms with Gasteiger partial charge in [0.15, 0.2) is 19.0 Å². The number of halogens is 3. The number of imidazole rings is 1. The highest BCUT2D eigenvalue weighted by molar-refractivity contribution is 6.01. The lowest BCUT2D eigenvalue weighted by atomic mass is 10.1. The molecule has 8 nitrogen and oxygen atoms in total. The molecule has 0 unspecified atom stereocenters. The first kappa shape index (κ1) is 20.4. The smallest absolute Gasteiger partial charge is 0.449 e.